The normalized spacial score (nSPS) is 10.3. The first-order chi connectivity index (χ1) is 9.47. The highest BCUT2D eigenvalue weighted by Crippen LogP contribution is 2.28. The Bertz CT molecular complexity index is 664. The molecule has 0 aliphatic carbocycles. The number of thiocarbonyl (C=S) groups is 1. The topological polar surface area (TPSA) is 35.2 Å². The third-order valence-corrected chi connectivity index (χ3v) is 3.40. The van der Waals surface area contributed by atoms with Crippen molar-refractivity contribution in [1.82, 2.24) is 0 Å². The molecular formula is C14H10Cl2FNOS. The molecule has 0 unspecified atom stereocenters. The van der Waals surface area contributed by atoms with Gasteiger partial charge in [0.15, 0.2) is 0 Å². The molecule has 0 spiro atoms. The maximum Gasteiger partial charge on any atom is 0.139 e. The maximum absolute atomic E-state index is 13.8. The van der Waals surface area contributed by atoms with E-state index in [9.17, 15) is 4.39 Å². The van der Waals surface area contributed by atoms with Crippen LogP contribution in [0.5, 0.6) is 5.75 Å². The van der Waals surface area contributed by atoms with Crippen LogP contribution in [0.15, 0.2) is 36.4 Å². The van der Waals surface area contributed by atoms with Crippen LogP contribution in [0.25, 0.3) is 0 Å². The summed E-state index contributed by atoms with van der Waals surface area (Å²) in [5.41, 5.74) is 6.29. The first-order valence-electron chi connectivity index (χ1n) is 5.63. The molecule has 2 rings (SSSR count). The molecule has 0 aromatic heterocycles. The maximum atomic E-state index is 13.8. The molecule has 104 valence electrons. The minimum absolute atomic E-state index is 0.0313. The van der Waals surface area contributed by atoms with Gasteiger partial charge in [0.2, 0.25) is 0 Å². The van der Waals surface area contributed by atoms with E-state index in [1.54, 1.807) is 30.3 Å². The van der Waals surface area contributed by atoms with E-state index in [2.05, 4.69) is 0 Å². The van der Waals surface area contributed by atoms with Crippen LogP contribution in [-0.4, -0.2) is 4.99 Å². The average molecular weight is 330 g/mol. The molecule has 0 saturated carbocycles. The molecule has 0 aliphatic rings. The van der Waals surface area contributed by atoms with E-state index in [1.807, 2.05) is 0 Å². The van der Waals surface area contributed by atoms with Crippen LogP contribution < -0.4 is 10.5 Å². The van der Waals surface area contributed by atoms with Gasteiger partial charge in [0.05, 0.1) is 5.02 Å². The quantitative estimate of drug-likeness (QED) is 0.847. The highest BCUT2D eigenvalue weighted by atomic mass is 35.5. The van der Waals surface area contributed by atoms with Gasteiger partial charge in [0, 0.05) is 22.2 Å². The lowest BCUT2D eigenvalue weighted by molar-refractivity contribution is 0.300. The second kappa shape index (κ2) is 6.39. The zero-order valence-electron chi connectivity index (χ0n) is 10.2. The summed E-state index contributed by atoms with van der Waals surface area (Å²) in [5, 5.41) is 0.906. The molecule has 2 aromatic carbocycles. The standard InChI is InChI=1S/C14H10Cl2FNOS/c15-10-3-4-11(16)13(6-10)19-7-9-2-1-8(14(18)20)5-12(9)17/h1-6H,7H2,(H2,18,20). The van der Waals surface area contributed by atoms with Crippen LogP contribution in [0.4, 0.5) is 4.39 Å². The Balaban J connectivity index is 2.15. The van der Waals surface area contributed by atoms with Crippen molar-refractivity contribution in [3.8, 4) is 5.75 Å². The van der Waals surface area contributed by atoms with Gasteiger partial charge in [-0.05, 0) is 18.2 Å². The smallest absolute Gasteiger partial charge is 0.139 e. The van der Waals surface area contributed by atoms with Crippen LogP contribution in [0.3, 0.4) is 0 Å². The monoisotopic (exact) mass is 329 g/mol. The van der Waals surface area contributed by atoms with Gasteiger partial charge in [0.25, 0.3) is 0 Å². The van der Waals surface area contributed by atoms with E-state index in [-0.39, 0.29) is 11.6 Å². The van der Waals surface area contributed by atoms with Crippen LogP contribution >= 0.6 is 35.4 Å². The van der Waals surface area contributed by atoms with Gasteiger partial charge >= 0.3 is 0 Å². The van der Waals surface area contributed by atoms with Crippen LogP contribution in [-0.2, 0) is 6.61 Å². The van der Waals surface area contributed by atoms with Crippen molar-refractivity contribution in [2.75, 3.05) is 0 Å². The minimum Gasteiger partial charge on any atom is -0.487 e. The third kappa shape index (κ3) is 3.60. The number of ether oxygens (including phenoxy) is 1. The van der Waals surface area contributed by atoms with Crippen molar-refractivity contribution in [3.05, 3.63) is 63.4 Å². The predicted octanol–water partition coefficient (Wildman–Crippen LogP) is 4.35. The van der Waals surface area contributed by atoms with Gasteiger partial charge in [-0.25, -0.2) is 4.39 Å². The number of nitrogens with two attached hydrogens (primary N) is 1. The van der Waals surface area contributed by atoms with E-state index < -0.39 is 5.82 Å². The predicted molar refractivity (Wildman–Crippen MR) is 83.1 cm³/mol. The SMILES string of the molecule is NC(=S)c1ccc(COc2cc(Cl)ccc2Cl)c(F)c1. The molecule has 0 fully saturated rings. The molecule has 2 N–H and O–H groups in total. The lowest BCUT2D eigenvalue weighted by Gasteiger charge is -2.10. The van der Waals surface area contributed by atoms with Crippen molar-refractivity contribution >= 4 is 40.4 Å². The first-order valence-corrected chi connectivity index (χ1v) is 6.80. The van der Waals surface area contributed by atoms with E-state index in [0.29, 0.717) is 26.9 Å². The molecule has 20 heavy (non-hydrogen) atoms. The zero-order chi connectivity index (χ0) is 14.7. The Kier molecular flexibility index (Phi) is 4.81. The van der Waals surface area contributed by atoms with Gasteiger partial charge in [-0.1, -0.05) is 47.6 Å². The second-order valence-electron chi connectivity index (χ2n) is 4.03. The number of halogens is 3. The molecule has 0 atom stereocenters. The van der Waals surface area contributed by atoms with E-state index in [0.717, 1.165) is 0 Å². The summed E-state index contributed by atoms with van der Waals surface area (Å²) >= 11 is 16.6. The fourth-order valence-electron chi connectivity index (χ4n) is 1.56. The fourth-order valence-corrected chi connectivity index (χ4v) is 2.02. The Morgan fingerprint density at radius 2 is 1.95 bits per heavy atom. The lowest BCUT2D eigenvalue weighted by atomic mass is 10.1. The summed E-state index contributed by atoms with van der Waals surface area (Å²) in [4.78, 5) is 0.147. The van der Waals surface area contributed by atoms with E-state index in [1.165, 1.54) is 6.07 Å². The van der Waals surface area contributed by atoms with E-state index in [4.69, 9.17) is 45.9 Å². The highest BCUT2D eigenvalue weighted by molar-refractivity contribution is 7.80. The Hall–Kier alpha value is -1.36. The van der Waals surface area contributed by atoms with Gasteiger partial charge in [-0.15, -0.1) is 0 Å². The third-order valence-electron chi connectivity index (χ3n) is 2.61. The molecule has 0 amide bonds. The molecular weight excluding hydrogens is 320 g/mol. The van der Waals surface area contributed by atoms with Crippen molar-refractivity contribution in [3.63, 3.8) is 0 Å². The largest absolute Gasteiger partial charge is 0.487 e. The molecule has 0 radical (unpaired) electrons. The Morgan fingerprint density at radius 1 is 1.20 bits per heavy atom. The summed E-state index contributed by atoms with van der Waals surface area (Å²) in [5.74, 6) is -0.0366. The summed E-state index contributed by atoms with van der Waals surface area (Å²) in [6.07, 6.45) is 0. The van der Waals surface area contributed by atoms with E-state index >= 15 is 0 Å². The number of benzene rings is 2. The van der Waals surface area contributed by atoms with Crippen molar-refractivity contribution < 1.29 is 9.13 Å². The number of hydrogen-bond donors (Lipinski definition) is 1. The lowest BCUT2D eigenvalue weighted by Crippen LogP contribution is -2.10. The Morgan fingerprint density at radius 3 is 2.60 bits per heavy atom. The highest BCUT2D eigenvalue weighted by Gasteiger charge is 2.08. The molecule has 2 aromatic rings. The van der Waals surface area contributed by atoms with Crippen molar-refractivity contribution in [2.24, 2.45) is 5.73 Å². The number of rotatable bonds is 4. The fraction of sp³-hybridized carbons (Fsp3) is 0.0714. The van der Waals surface area contributed by atoms with Crippen LogP contribution in [0, 0.1) is 5.82 Å². The zero-order valence-corrected chi connectivity index (χ0v) is 12.5. The van der Waals surface area contributed by atoms with Crippen molar-refractivity contribution in [1.29, 1.82) is 0 Å². The van der Waals surface area contributed by atoms with Gasteiger partial charge in [-0.3, -0.25) is 0 Å². The van der Waals surface area contributed by atoms with Crippen LogP contribution in [0.1, 0.15) is 11.1 Å². The van der Waals surface area contributed by atoms with Gasteiger partial charge < -0.3 is 10.5 Å². The summed E-state index contributed by atoms with van der Waals surface area (Å²) in [7, 11) is 0. The minimum atomic E-state index is -0.437. The Labute approximate surface area is 131 Å². The van der Waals surface area contributed by atoms with Gasteiger partial charge in [-0.2, -0.15) is 0 Å². The molecule has 6 heteroatoms. The summed E-state index contributed by atoms with van der Waals surface area (Å²) in [6, 6.07) is 9.33. The molecule has 0 bridgehead atoms. The van der Waals surface area contributed by atoms with Crippen LogP contribution in [0.2, 0.25) is 10.0 Å². The number of hydrogen-bond acceptors (Lipinski definition) is 2. The molecule has 0 aliphatic heterocycles. The first kappa shape index (κ1) is 15.0. The molecule has 0 saturated heterocycles. The summed E-state index contributed by atoms with van der Waals surface area (Å²) < 4.78 is 19.3. The average Bonchev–Trinajstić information content (AvgIpc) is 2.40. The summed E-state index contributed by atoms with van der Waals surface area (Å²) in [6.45, 7) is 0.0313. The van der Waals surface area contributed by atoms with Gasteiger partial charge in [0.1, 0.15) is 23.2 Å². The van der Waals surface area contributed by atoms with Crippen molar-refractivity contribution in [2.45, 2.75) is 6.61 Å². The molecule has 2 nitrogen and oxygen atoms in total. The second-order valence-corrected chi connectivity index (χ2v) is 5.32. The molecule has 0 heterocycles.